The van der Waals surface area contributed by atoms with Crippen molar-refractivity contribution in [2.75, 3.05) is 6.54 Å². The molecule has 5 heteroatoms. The van der Waals surface area contributed by atoms with E-state index in [-0.39, 0.29) is 18.1 Å². The molecule has 148 valence electrons. The Bertz CT molecular complexity index is 636. The minimum absolute atomic E-state index is 0.206. The molecule has 0 spiro atoms. The summed E-state index contributed by atoms with van der Waals surface area (Å²) in [7, 11) is 0. The number of carboxylic acid groups (broad SMARTS) is 1. The van der Waals surface area contributed by atoms with Crippen molar-refractivity contribution in [1.82, 2.24) is 4.90 Å². The number of amides is 1. The molecule has 1 aromatic carbocycles. The van der Waals surface area contributed by atoms with Gasteiger partial charge in [0.05, 0.1) is 11.7 Å². The van der Waals surface area contributed by atoms with Crippen molar-refractivity contribution in [2.45, 2.75) is 76.4 Å². The average Bonchev–Trinajstić information content (AvgIpc) is 3.05. The van der Waals surface area contributed by atoms with E-state index in [4.69, 9.17) is 5.11 Å². The van der Waals surface area contributed by atoms with Gasteiger partial charge in [0, 0.05) is 19.0 Å². The van der Waals surface area contributed by atoms with Crippen molar-refractivity contribution >= 4 is 11.9 Å². The number of aryl methyl sites for hydroxylation is 1. The Labute approximate surface area is 161 Å². The van der Waals surface area contributed by atoms with E-state index in [1.54, 1.807) is 12.1 Å². The molecule has 1 amide bonds. The lowest BCUT2D eigenvalue weighted by Crippen LogP contribution is -2.37. The Hall–Kier alpha value is -1.88. The van der Waals surface area contributed by atoms with Gasteiger partial charge in [-0.1, -0.05) is 31.4 Å². The van der Waals surface area contributed by atoms with Crippen LogP contribution >= 0.6 is 0 Å². The molecule has 1 saturated heterocycles. The molecular formula is C22H31NO4. The van der Waals surface area contributed by atoms with Crippen LogP contribution in [0.15, 0.2) is 24.3 Å². The molecule has 2 fully saturated rings. The van der Waals surface area contributed by atoms with Gasteiger partial charge in [0.2, 0.25) is 5.91 Å². The van der Waals surface area contributed by atoms with E-state index in [1.807, 2.05) is 17.0 Å². The van der Waals surface area contributed by atoms with Crippen LogP contribution < -0.4 is 0 Å². The number of likely N-dealkylation sites (tertiary alicyclic amines) is 1. The fourth-order valence-electron chi connectivity index (χ4n) is 4.57. The van der Waals surface area contributed by atoms with Crippen molar-refractivity contribution < 1.29 is 19.8 Å². The van der Waals surface area contributed by atoms with Crippen molar-refractivity contribution in [3.8, 4) is 0 Å². The predicted octanol–water partition coefficient (Wildman–Crippen LogP) is 3.64. The third-order valence-corrected chi connectivity index (χ3v) is 6.28. The maximum Gasteiger partial charge on any atom is 0.335 e. The number of hydrogen-bond acceptors (Lipinski definition) is 3. The highest BCUT2D eigenvalue weighted by molar-refractivity contribution is 5.87. The zero-order valence-electron chi connectivity index (χ0n) is 16.0. The molecular weight excluding hydrogens is 342 g/mol. The van der Waals surface area contributed by atoms with Crippen LogP contribution in [0.1, 0.15) is 73.7 Å². The van der Waals surface area contributed by atoms with Gasteiger partial charge < -0.3 is 15.1 Å². The van der Waals surface area contributed by atoms with Gasteiger partial charge in [-0.25, -0.2) is 4.79 Å². The van der Waals surface area contributed by atoms with E-state index in [0.29, 0.717) is 30.9 Å². The van der Waals surface area contributed by atoms with Crippen molar-refractivity contribution in [2.24, 2.45) is 5.92 Å². The molecule has 3 rings (SSSR count). The standard InChI is InChI=1S/C22H31NO4/c24-20(17-4-2-1-3-5-17)14-15-23-19(12-13-21(23)25)11-8-16-6-9-18(10-7-16)22(26)27/h6-7,9-10,17,19-20,24H,1-5,8,11-15H2,(H,26,27). The van der Waals surface area contributed by atoms with E-state index in [0.717, 1.165) is 37.7 Å². The molecule has 5 nitrogen and oxygen atoms in total. The van der Waals surface area contributed by atoms with Gasteiger partial charge in [0.25, 0.3) is 0 Å². The van der Waals surface area contributed by atoms with Gasteiger partial charge in [-0.15, -0.1) is 0 Å². The van der Waals surface area contributed by atoms with Gasteiger partial charge in [0.1, 0.15) is 0 Å². The molecule has 2 unspecified atom stereocenters. The lowest BCUT2D eigenvalue weighted by atomic mass is 9.84. The smallest absolute Gasteiger partial charge is 0.335 e. The number of aliphatic hydroxyl groups is 1. The average molecular weight is 373 g/mol. The quantitative estimate of drug-likeness (QED) is 0.729. The van der Waals surface area contributed by atoms with E-state index < -0.39 is 5.97 Å². The van der Waals surface area contributed by atoms with E-state index in [2.05, 4.69) is 0 Å². The highest BCUT2D eigenvalue weighted by Crippen LogP contribution is 2.29. The Balaban J connectivity index is 1.49. The molecule has 1 aliphatic heterocycles. The lowest BCUT2D eigenvalue weighted by Gasteiger charge is -2.30. The topological polar surface area (TPSA) is 77.8 Å². The largest absolute Gasteiger partial charge is 0.478 e. The number of hydrogen-bond donors (Lipinski definition) is 2. The van der Waals surface area contributed by atoms with Crippen LogP contribution in [-0.4, -0.2) is 45.7 Å². The first-order chi connectivity index (χ1) is 13.0. The number of carbonyl (C=O) groups is 2. The second kappa shape index (κ2) is 9.36. The molecule has 1 aliphatic carbocycles. The summed E-state index contributed by atoms with van der Waals surface area (Å²) in [4.78, 5) is 25.2. The first kappa shape index (κ1) is 19.9. The second-order valence-electron chi connectivity index (χ2n) is 8.07. The summed E-state index contributed by atoms with van der Waals surface area (Å²) in [6, 6.07) is 7.22. The van der Waals surface area contributed by atoms with Crippen LogP contribution in [0.3, 0.4) is 0 Å². The number of aliphatic hydroxyl groups excluding tert-OH is 1. The van der Waals surface area contributed by atoms with Gasteiger partial charge >= 0.3 is 5.97 Å². The molecule has 2 atom stereocenters. The number of carbonyl (C=O) groups excluding carboxylic acids is 1. The monoisotopic (exact) mass is 373 g/mol. The van der Waals surface area contributed by atoms with E-state index in [9.17, 15) is 14.7 Å². The van der Waals surface area contributed by atoms with Crippen LogP contribution in [-0.2, 0) is 11.2 Å². The third kappa shape index (κ3) is 5.32. The Morgan fingerprint density at radius 3 is 2.48 bits per heavy atom. The first-order valence-electron chi connectivity index (χ1n) is 10.3. The zero-order chi connectivity index (χ0) is 19.2. The number of carboxylic acids is 1. The number of nitrogens with zero attached hydrogens (tertiary/aromatic N) is 1. The maximum absolute atomic E-state index is 12.3. The Morgan fingerprint density at radius 1 is 1.11 bits per heavy atom. The van der Waals surface area contributed by atoms with Crippen molar-refractivity contribution in [1.29, 1.82) is 0 Å². The molecule has 1 aromatic rings. The Morgan fingerprint density at radius 2 is 1.81 bits per heavy atom. The normalized spacial score (nSPS) is 22.2. The highest BCUT2D eigenvalue weighted by atomic mass is 16.4. The molecule has 1 saturated carbocycles. The SMILES string of the molecule is O=C(O)c1ccc(CCC2CCC(=O)N2CCC(O)C2CCCCC2)cc1. The fraction of sp³-hybridized carbons (Fsp3) is 0.636. The number of aromatic carboxylic acids is 1. The fourth-order valence-corrected chi connectivity index (χ4v) is 4.57. The van der Waals surface area contributed by atoms with E-state index >= 15 is 0 Å². The zero-order valence-corrected chi connectivity index (χ0v) is 16.0. The lowest BCUT2D eigenvalue weighted by molar-refractivity contribution is -0.129. The van der Waals surface area contributed by atoms with E-state index in [1.165, 1.54) is 19.3 Å². The summed E-state index contributed by atoms with van der Waals surface area (Å²) in [6.45, 7) is 0.652. The molecule has 1 heterocycles. The summed E-state index contributed by atoms with van der Waals surface area (Å²) in [5, 5.41) is 19.5. The van der Waals surface area contributed by atoms with Crippen LogP contribution in [0.2, 0.25) is 0 Å². The minimum Gasteiger partial charge on any atom is -0.478 e. The summed E-state index contributed by atoms with van der Waals surface area (Å²) in [5.41, 5.74) is 1.40. The number of benzene rings is 1. The van der Waals surface area contributed by atoms with Crippen LogP contribution in [0.4, 0.5) is 0 Å². The third-order valence-electron chi connectivity index (χ3n) is 6.28. The van der Waals surface area contributed by atoms with Crippen molar-refractivity contribution in [3.05, 3.63) is 35.4 Å². The molecule has 0 radical (unpaired) electrons. The molecule has 0 bridgehead atoms. The van der Waals surface area contributed by atoms with Gasteiger partial charge in [-0.3, -0.25) is 4.79 Å². The predicted molar refractivity (Wildman–Crippen MR) is 104 cm³/mol. The summed E-state index contributed by atoms with van der Waals surface area (Å²) in [5.74, 6) is -0.301. The maximum atomic E-state index is 12.3. The summed E-state index contributed by atoms with van der Waals surface area (Å²) in [6.07, 6.45) is 9.54. The minimum atomic E-state index is -0.911. The van der Waals surface area contributed by atoms with Crippen molar-refractivity contribution in [3.63, 3.8) is 0 Å². The molecule has 2 aliphatic rings. The Kier molecular flexibility index (Phi) is 6.89. The second-order valence-corrected chi connectivity index (χ2v) is 8.07. The van der Waals surface area contributed by atoms with Gasteiger partial charge in [-0.05, 0) is 62.1 Å². The summed E-state index contributed by atoms with van der Waals surface area (Å²) >= 11 is 0. The van der Waals surface area contributed by atoms with Crippen LogP contribution in [0, 0.1) is 5.92 Å². The molecule has 0 aromatic heterocycles. The van der Waals surface area contributed by atoms with Crippen LogP contribution in [0.25, 0.3) is 0 Å². The highest BCUT2D eigenvalue weighted by Gasteiger charge is 2.31. The first-order valence-corrected chi connectivity index (χ1v) is 10.3. The van der Waals surface area contributed by atoms with Gasteiger partial charge in [-0.2, -0.15) is 0 Å². The van der Waals surface area contributed by atoms with Crippen LogP contribution in [0.5, 0.6) is 0 Å². The molecule has 27 heavy (non-hydrogen) atoms. The number of rotatable bonds is 8. The molecule has 2 N–H and O–H groups in total. The van der Waals surface area contributed by atoms with Gasteiger partial charge in [0.15, 0.2) is 0 Å². The summed E-state index contributed by atoms with van der Waals surface area (Å²) < 4.78 is 0.